The molecular formula is C24H22FN7O3. The molecule has 1 aliphatic rings. The molecule has 35 heavy (non-hydrogen) atoms. The number of aliphatic hydroxyl groups is 1. The zero-order valence-corrected chi connectivity index (χ0v) is 18.7. The zero-order valence-electron chi connectivity index (χ0n) is 18.7. The van der Waals surface area contributed by atoms with E-state index in [1.165, 1.54) is 12.3 Å². The van der Waals surface area contributed by atoms with Crippen LogP contribution in [0.5, 0.6) is 0 Å². The first-order valence-corrected chi connectivity index (χ1v) is 11.0. The number of aromatic nitrogens is 4. The number of rotatable bonds is 7. The number of benzene rings is 2. The molecule has 1 amide bonds. The third kappa shape index (κ3) is 4.53. The molecule has 0 saturated heterocycles. The molecular weight excluding hydrogens is 453 g/mol. The van der Waals surface area contributed by atoms with Crippen molar-refractivity contribution in [2.45, 2.75) is 19.4 Å². The number of hydrogen-bond acceptors (Lipinski definition) is 9. The second kappa shape index (κ2) is 9.47. The van der Waals surface area contributed by atoms with Crippen molar-refractivity contribution in [1.82, 2.24) is 25.5 Å². The van der Waals surface area contributed by atoms with Gasteiger partial charge in [0.05, 0.1) is 23.9 Å². The Kier molecular flexibility index (Phi) is 6.06. The average molecular weight is 475 g/mol. The van der Waals surface area contributed by atoms with E-state index >= 15 is 4.39 Å². The lowest BCUT2D eigenvalue weighted by Crippen LogP contribution is -2.32. The van der Waals surface area contributed by atoms with Crippen molar-refractivity contribution in [2.24, 2.45) is 0 Å². The second-order valence-corrected chi connectivity index (χ2v) is 7.96. The van der Waals surface area contributed by atoms with Gasteiger partial charge in [0.25, 0.3) is 11.8 Å². The van der Waals surface area contributed by atoms with E-state index in [4.69, 9.17) is 4.42 Å². The summed E-state index contributed by atoms with van der Waals surface area (Å²) in [7, 11) is 0. The molecule has 0 spiro atoms. The summed E-state index contributed by atoms with van der Waals surface area (Å²) in [6.45, 7) is 1.83. The Hall–Kier alpha value is -4.38. The van der Waals surface area contributed by atoms with E-state index in [2.05, 4.69) is 36.1 Å². The van der Waals surface area contributed by atoms with Crippen molar-refractivity contribution in [3.63, 3.8) is 0 Å². The Labute approximate surface area is 199 Å². The van der Waals surface area contributed by atoms with Gasteiger partial charge in [-0.25, -0.2) is 9.37 Å². The van der Waals surface area contributed by atoms with Crippen LogP contribution in [0.25, 0.3) is 11.5 Å². The third-order valence-electron chi connectivity index (χ3n) is 5.64. The molecule has 1 aliphatic heterocycles. The Morgan fingerprint density at radius 2 is 2.00 bits per heavy atom. The number of amides is 1. The highest BCUT2D eigenvalue weighted by Crippen LogP contribution is 2.31. The third-order valence-corrected chi connectivity index (χ3v) is 5.64. The molecule has 0 radical (unpaired) electrons. The predicted molar refractivity (Wildman–Crippen MR) is 126 cm³/mol. The molecule has 4 N–H and O–H groups in total. The number of aliphatic hydroxyl groups excluding tert-OH is 1. The Morgan fingerprint density at radius 1 is 1.17 bits per heavy atom. The minimum absolute atomic E-state index is 0.108. The Bertz CT molecular complexity index is 1380. The van der Waals surface area contributed by atoms with Gasteiger partial charge in [0, 0.05) is 30.8 Å². The highest BCUT2D eigenvalue weighted by molar-refractivity contribution is 5.97. The van der Waals surface area contributed by atoms with Gasteiger partial charge in [0.15, 0.2) is 5.82 Å². The fourth-order valence-electron chi connectivity index (χ4n) is 3.89. The average Bonchev–Trinajstić information content (AvgIpc) is 3.31. The lowest BCUT2D eigenvalue weighted by Gasteiger charge is -2.20. The SMILES string of the molecule is Cc1nnc(-c2cnc(Nc3ccc4c(c3F)CCNC4=O)nc2NC(CO)c2ccccc2)o1. The van der Waals surface area contributed by atoms with Crippen molar-refractivity contribution in [3.8, 4) is 11.5 Å². The zero-order chi connectivity index (χ0) is 24.4. The smallest absolute Gasteiger partial charge is 0.253 e. The molecule has 1 atom stereocenters. The van der Waals surface area contributed by atoms with E-state index in [9.17, 15) is 9.90 Å². The molecule has 0 aliphatic carbocycles. The first-order valence-electron chi connectivity index (χ1n) is 11.0. The number of nitrogens with zero attached hydrogens (tertiary/aromatic N) is 4. The predicted octanol–water partition coefficient (Wildman–Crippen LogP) is 3.15. The van der Waals surface area contributed by atoms with Crippen molar-refractivity contribution in [1.29, 1.82) is 0 Å². The van der Waals surface area contributed by atoms with Gasteiger partial charge in [-0.3, -0.25) is 4.79 Å². The number of anilines is 3. The molecule has 2 aromatic heterocycles. The summed E-state index contributed by atoms with van der Waals surface area (Å²) >= 11 is 0. The number of halogens is 1. The van der Waals surface area contributed by atoms with Crippen LogP contribution in [0.4, 0.5) is 21.8 Å². The summed E-state index contributed by atoms with van der Waals surface area (Å²) in [6.07, 6.45) is 1.87. The molecule has 3 heterocycles. The van der Waals surface area contributed by atoms with Crippen molar-refractivity contribution in [2.75, 3.05) is 23.8 Å². The Balaban J connectivity index is 1.51. The maximum atomic E-state index is 15.2. The fraction of sp³-hybridized carbons (Fsp3) is 0.208. The topological polar surface area (TPSA) is 138 Å². The Morgan fingerprint density at radius 3 is 2.74 bits per heavy atom. The lowest BCUT2D eigenvalue weighted by atomic mass is 9.99. The summed E-state index contributed by atoms with van der Waals surface area (Å²) in [5, 5.41) is 26.7. The summed E-state index contributed by atoms with van der Waals surface area (Å²) < 4.78 is 20.7. The number of hydrogen-bond donors (Lipinski definition) is 4. The van der Waals surface area contributed by atoms with Crippen molar-refractivity contribution in [3.05, 3.63) is 77.1 Å². The quantitative estimate of drug-likeness (QED) is 0.317. The van der Waals surface area contributed by atoms with Crippen molar-refractivity contribution < 1.29 is 18.7 Å². The van der Waals surface area contributed by atoms with E-state index in [0.717, 1.165) is 5.56 Å². The highest BCUT2D eigenvalue weighted by atomic mass is 19.1. The summed E-state index contributed by atoms with van der Waals surface area (Å²) in [5.41, 5.74) is 2.08. The molecule has 0 saturated carbocycles. The minimum atomic E-state index is -0.524. The summed E-state index contributed by atoms with van der Waals surface area (Å²) in [6, 6.07) is 11.9. The van der Waals surface area contributed by atoms with Crippen LogP contribution in [0, 0.1) is 12.7 Å². The van der Waals surface area contributed by atoms with E-state index in [1.807, 2.05) is 30.3 Å². The molecule has 4 aromatic rings. The normalized spacial score (nSPS) is 13.6. The van der Waals surface area contributed by atoms with Crippen LogP contribution in [0.15, 0.2) is 53.1 Å². The number of fused-ring (bicyclic) bond motifs is 1. The van der Waals surface area contributed by atoms with Crippen LogP contribution in [0.2, 0.25) is 0 Å². The monoisotopic (exact) mass is 475 g/mol. The van der Waals surface area contributed by atoms with E-state index in [-0.39, 0.29) is 30.0 Å². The summed E-state index contributed by atoms with van der Waals surface area (Å²) in [4.78, 5) is 20.8. The molecule has 1 unspecified atom stereocenters. The van der Waals surface area contributed by atoms with Crippen LogP contribution in [-0.4, -0.2) is 44.3 Å². The number of carbonyl (C=O) groups is 1. The molecule has 0 fully saturated rings. The van der Waals surface area contributed by atoms with Crippen LogP contribution < -0.4 is 16.0 Å². The van der Waals surface area contributed by atoms with E-state index in [0.29, 0.717) is 41.4 Å². The fourth-order valence-corrected chi connectivity index (χ4v) is 3.89. The molecule has 5 rings (SSSR count). The molecule has 10 nitrogen and oxygen atoms in total. The molecule has 2 aromatic carbocycles. The van der Waals surface area contributed by atoms with Gasteiger partial charge in [-0.05, 0) is 24.1 Å². The van der Waals surface area contributed by atoms with Gasteiger partial charge in [0.2, 0.25) is 11.8 Å². The van der Waals surface area contributed by atoms with Crippen LogP contribution in [0.1, 0.15) is 33.4 Å². The van der Waals surface area contributed by atoms with Crippen LogP contribution in [0.3, 0.4) is 0 Å². The van der Waals surface area contributed by atoms with E-state index < -0.39 is 11.9 Å². The molecule has 178 valence electrons. The molecule has 11 heteroatoms. The maximum absolute atomic E-state index is 15.2. The standard InChI is InChI=1S/C24H22FN7O3/c1-13-31-32-23(35-13)17-11-27-24(30-21(17)28-19(12-33)14-5-3-2-4-6-14)29-18-8-7-16-15(20(18)25)9-10-26-22(16)34/h2-8,11,19,33H,9-10,12H2,1H3,(H,26,34)(H2,27,28,29,30). The van der Waals surface area contributed by atoms with Crippen molar-refractivity contribution >= 4 is 23.4 Å². The first-order chi connectivity index (χ1) is 17.0. The number of aryl methyl sites for hydroxylation is 1. The second-order valence-electron chi connectivity index (χ2n) is 7.96. The largest absolute Gasteiger partial charge is 0.421 e. The first kappa shape index (κ1) is 22.4. The molecule has 0 bridgehead atoms. The minimum Gasteiger partial charge on any atom is -0.421 e. The number of nitrogens with one attached hydrogen (secondary N) is 3. The van der Waals surface area contributed by atoms with Crippen LogP contribution in [-0.2, 0) is 6.42 Å². The van der Waals surface area contributed by atoms with Gasteiger partial charge >= 0.3 is 0 Å². The maximum Gasteiger partial charge on any atom is 0.253 e. The van der Waals surface area contributed by atoms with Crippen LogP contribution >= 0.6 is 0 Å². The lowest BCUT2D eigenvalue weighted by molar-refractivity contribution is 0.0945. The van der Waals surface area contributed by atoms with E-state index in [1.54, 1.807) is 13.0 Å². The summed E-state index contributed by atoms with van der Waals surface area (Å²) in [5.74, 6) is 0.171. The van der Waals surface area contributed by atoms with Gasteiger partial charge in [-0.1, -0.05) is 30.3 Å². The van der Waals surface area contributed by atoms with Gasteiger partial charge in [-0.15, -0.1) is 10.2 Å². The van der Waals surface area contributed by atoms with Gasteiger partial charge < -0.3 is 25.5 Å². The highest BCUT2D eigenvalue weighted by Gasteiger charge is 2.23. The van der Waals surface area contributed by atoms with Gasteiger partial charge in [-0.2, -0.15) is 4.98 Å². The van der Waals surface area contributed by atoms with Gasteiger partial charge in [0.1, 0.15) is 5.82 Å². The number of carbonyl (C=O) groups excluding carboxylic acids is 1.